The van der Waals surface area contributed by atoms with E-state index in [4.69, 9.17) is 4.74 Å². The van der Waals surface area contributed by atoms with Gasteiger partial charge < -0.3 is 9.72 Å². The number of hydrogen-bond acceptors (Lipinski definition) is 2. The zero-order chi connectivity index (χ0) is 10.8. The van der Waals surface area contributed by atoms with Crippen molar-refractivity contribution in [1.82, 2.24) is 4.98 Å². The Balaban J connectivity index is 2.47. The summed E-state index contributed by atoms with van der Waals surface area (Å²) in [5.74, 6) is 0.878. The second kappa shape index (κ2) is 3.77. The fourth-order valence-electron chi connectivity index (χ4n) is 1.56. The summed E-state index contributed by atoms with van der Waals surface area (Å²) in [5, 5.41) is 1.01. The van der Waals surface area contributed by atoms with E-state index in [-0.39, 0.29) is 5.78 Å². The topological polar surface area (TPSA) is 42.1 Å². The standard InChI is InChI=1S/C12H13NO2/c1-3-15-10-4-5-11-9(6-10)7-12(13-11)8(2)14/h4-7,13H,3H2,1-2H3. The van der Waals surface area contributed by atoms with Crippen molar-refractivity contribution in [2.75, 3.05) is 6.61 Å². The maximum absolute atomic E-state index is 11.2. The Kier molecular flexibility index (Phi) is 2.46. The molecule has 0 bridgehead atoms. The van der Waals surface area contributed by atoms with Crippen LogP contribution in [-0.4, -0.2) is 17.4 Å². The third-order valence-electron chi connectivity index (χ3n) is 2.28. The average molecular weight is 203 g/mol. The molecule has 2 rings (SSSR count). The lowest BCUT2D eigenvalue weighted by Gasteiger charge is -2.01. The molecule has 15 heavy (non-hydrogen) atoms. The molecule has 0 aliphatic rings. The largest absolute Gasteiger partial charge is 0.494 e. The Morgan fingerprint density at radius 1 is 1.40 bits per heavy atom. The molecule has 0 saturated heterocycles. The Morgan fingerprint density at radius 2 is 2.20 bits per heavy atom. The van der Waals surface area contributed by atoms with E-state index >= 15 is 0 Å². The van der Waals surface area contributed by atoms with Crippen molar-refractivity contribution in [3.8, 4) is 5.75 Å². The number of Topliss-reactive ketones (excluding diaryl/α,β-unsaturated/α-hetero) is 1. The molecule has 1 aromatic carbocycles. The number of aromatic amines is 1. The van der Waals surface area contributed by atoms with Gasteiger partial charge >= 0.3 is 0 Å². The van der Waals surface area contributed by atoms with Crippen molar-refractivity contribution in [2.24, 2.45) is 0 Å². The zero-order valence-corrected chi connectivity index (χ0v) is 8.83. The summed E-state index contributed by atoms with van der Waals surface area (Å²) in [6, 6.07) is 7.60. The molecule has 0 radical (unpaired) electrons. The molecule has 78 valence electrons. The third-order valence-corrected chi connectivity index (χ3v) is 2.28. The number of H-pyrrole nitrogens is 1. The number of ketones is 1. The molecule has 3 nitrogen and oxygen atoms in total. The molecule has 0 spiro atoms. The number of aromatic nitrogens is 1. The summed E-state index contributed by atoms with van der Waals surface area (Å²) in [6.07, 6.45) is 0. The number of carbonyl (C=O) groups is 1. The van der Waals surface area contributed by atoms with E-state index < -0.39 is 0 Å². The molecule has 0 fully saturated rings. The summed E-state index contributed by atoms with van der Waals surface area (Å²) >= 11 is 0. The zero-order valence-electron chi connectivity index (χ0n) is 8.83. The normalized spacial score (nSPS) is 10.5. The first-order valence-electron chi connectivity index (χ1n) is 4.97. The van der Waals surface area contributed by atoms with Crippen LogP contribution in [0, 0.1) is 0 Å². The molecule has 0 amide bonds. The van der Waals surface area contributed by atoms with Crippen molar-refractivity contribution in [1.29, 1.82) is 0 Å². The van der Waals surface area contributed by atoms with E-state index in [1.54, 1.807) is 6.92 Å². The van der Waals surface area contributed by atoms with Gasteiger partial charge in [0.15, 0.2) is 5.78 Å². The summed E-state index contributed by atoms with van der Waals surface area (Å²) in [5.41, 5.74) is 1.60. The van der Waals surface area contributed by atoms with Gasteiger partial charge in [0.2, 0.25) is 0 Å². The number of nitrogens with one attached hydrogen (secondary N) is 1. The van der Waals surface area contributed by atoms with Gasteiger partial charge in [0.05, 0.1) is 12.3 Å². The Hall–Kier alpha value is -1.77. The van der Waals surface area contributed by atoms with Crippen LogP contribution in [0.25, 0.3) is 10.9 Å². The molecule has 1 N–H and O–H groups in total. The number of ether oxygens (including phenoxy) is 1. The van der Waals surface area contributed by atoms with Gasteiger partial charge in [-0.2, -0.15) is 0 Å². The van der Waals surface area contributed by atoms with Crippen LogP contribution < -0.4 is 4.74 Å². The van der Waals surface area contributed by atoms with E-state index in [2.05, 4.69) is 4.98 Å². The Bertz CT molecular complexity index is 499. The van der Waals surface area contributed by atoms with Gasteiger partial charge in [0.25, 0.3) is 0 Å². The third kappa shape index (κ3) is 1.86. The van der Waals surface area contributed by atoms with Crippen LogP contribution in [0.1, 0.15) is 24.3 Å². The molecule has 0 aliphatic carbocycles. The van der Waals surface area contributed by atoms with Gasteiger partial charge in [-0.05, 0) is 31.2 Å². The predicted molar refractivity (Wildman–Crippen MR) is 59.5 cm³/mol. The van der Waals surface area contributed by atoms with E-state index in [9.17, 15) is 4.79 Å². The molecular formula is C12H13NO2. The van der Waals surface area contributed by atoms with E-state index in [1.807, 2.05) is 31.2 Å². The lowest BCUT2D eigenvalue weighted by atomic mass is 10.2. The maximum Gasteiger partial charge on any atom is 0.175 e. The van der Waals surface area contributed by atoms with Crippen molar-refractivity contribution in [2.45, 2.75) is 13.8 Å². The van der Waals surface area contributed by atoms with Crippen molar-refractivity contribution in [3.05, 3.63) is 30.0 Å². The number of carbonyl (C=O) groups excluding carboxylic acids is 1. The number of fused-ring (bicyclic) bond motifs is 1. The van der Waals surface area contributed by atoms with Crippen LogP contribution in [0.2, 0.25) is 0 Å². The first-order chi connectivity index (χ1) is 7.20. The average Bonchev–Trinajstić information content (AvgIpc) is 2.61. The predicted octanol–water partition coefficient (Wildman–Crippen LogP) is 2.77. The lowest BCUT2D eigenvalue weighted by molar-refractivity contribution is 0.101. The van der Waals surface area contributed by atoms with Crippen LogP contribution in [0.5, 0.6) is 5.75 Å². The molecule has 0 unspecified atom stereocenters. The molecule has 2 aromatic rings. The van der Waals surface area contributed by atoms with Crippen molar-refractivity contribution < 1.29 is 9.53 Å². The second-order valence-corrected chi connectivity index (χ2v) is 3.42. The molecule has 0 saturated carbocycles. The highest BCUT2D eigenvalue weighted by Crippen LogP contribution is 2.21. The highest BCUT2D eigenvalue weighted by atomic mass is 16.5. The van der Waals surface area contributed by atoms with Gasteiger partial charge in [-0.25, -0.2) is 0 Å². The summed E-state index contributed by atoms with van der Waals surface area (Å²) in [6.45, 7) is 4.14. The number of benzene rings is 1. The molecule has 3 heteroatoms. The molecule has 1 heterocycles. The van der Waals surface area contributed by atoms with E-state index in [0.29, 0.717) is 12.3 Å². The van der Waals surface area contributed by atoms with Crippen LogP contribution in [-0.2, 0) is 0 Å². The Morgan fingerprint density at radius 3 is 2.87 bits per heavy atom. The van der Waals surface area contributed by atoms with Gasteiger partial charge in [0, 0.05) is 17.8 Å². The fraction of sp³-hybridized carbons (Fsp3) is 0.250. The Labute approximate surface area is 88.1 Å². The maximum atomic E-state index is 11.2. The molecular weight excluding hydrogens is 190 g/mol. The van der Waals surface area contributed by atoms with Crippen LogP contribution >= 0.6 is 0 Å². The van der Waals surface area contributed by atoms with Gasteiger partial charge in [-0.15, -0.1) is 0 Å². The van der Waals surface area contributed by atoms with Crippen LogP contribution in [0.15, 0.2) is 24.3 Å². The highest BCUT2D eigenvalue weighted by molar-refractivity contribution is 5.98. The van der Waals surface area contributed by atoms with Gasteiger partial charge in [-0.3, -0.25) is 4.79 Å². The quantitative estimate of drug-likeness (QED) is 0.779. The summed E-state index contributed by atoms with van der Waals surface area (Å²) in [7, 11) is 0. The van der Waals surface area contributed by atoms with E-state index in [0.717, 1.165) is 16.7 Å². The van der Waals surface area contributed by atoms with Crippen molar-refractivity contribution >= 4 is 16.7 Å². The number of hydrogen-bond donors (Lipinski definition) is 1. The number of rotatable bonds is 3. The highest BCUT2D eigenvalue weighted by Gasteiger charge is 2.05. The second-order valence-electron chi connectivity index (χ2n) is 3.42. The van der Waals surface area contributed by atoms with Crippen LogP contribution in [0.3, 0.4) is 0 Å². The fourth-order valence-corrected chi connectivity index (χ4v) is 1.56. The molecule has 0 aliphatic heterocycles. The lowest BCUT2D eigenvalue weighted by Crippen LogP contribution is -1.90. The minimum absolute atomic E-state index is 0.0455. The summed E-state index contributed by atoms with van der Waals surface area (Å²) in [4.78, 5) is 14.2. The van der Waals surface area contributed by atoms with Gasteiger partial charge in [0.1, 0.15) is 5.75 Å². The molecule has 1 aromatic heterocycles. The summed E-state index contributed by atoms with van der Waals surface area (Å²) < 4.78 is 5.38. The minimum Gasteiger partial charge on any atom is -0.494 e. The van der Waals surface area contributed by atoms with Crippen molar-refractivity contribution in [3.63, 3.8) is 0 Å². The monoisotopic (exact) mass is 203 g/mol. The van der Waals surface area contributed by atoms with E-state index in [1.165, 1.54) is 0 Å². The first-order valence-corrected chi connectivity index (χ1v) is 4.97. The van der Waals surface area contributed by atoms with Gasteiger partial charge in [-0.1, -0.05) is 0 Å². The minimum atomic E-state index is 0.0455. The van der Waals surface area contributed by atoms with Crippen LogP contribution in [0.4, 0.5) is 0 Å². The first kappa shape index (κ1) is 9.77. The smallest absolute Gasteiger partial charge is 0.175 e. The molecule has 0 atom stereocenters. The SMILES string of the molecule is CCOc1ccc2[nH]c(C(C)=O)cc2c1.